The first-order chi connectivity index (χ1) is 4.83. The van der Waals surface area contributed by atoms with Crippen LogP contribution in [0, 0.1) is 0 Å². The second-order valence-electron chi connectivity index (χ2n) is 1.70. The number of nitrogens with zero attached hydrogens (tertiary/aromatic N) is 2. The largest absolute Gasteiger partial charge is 0.384 e. The summed E-state index contributed by atoms with van der Waals surface area (Å²) in [4.78, 5) is 3.91. The quantitative estimate of drug-likeness (QED) is 0.742. The molecule has 0 amide bonds. The minimum atomic E-state index is 0.485. The van der Waals surface area contributed by atoms with Crippen LogP contribution in [0.4, 0.5) is 0 Å². The Morgan fingerprint density at radius 2 is 2.50 bits per heavy atom. The van der Waals surface area contributed by atoms with E-state index in [0.717, 1.165) is 0 Å². The lowest BCUT2D eigenvalue weighted by molar-refractivity contribution is 0.192. The first-order valence-corrected chi connectivity index (χ1v) is 3.59. The van der Waals surface area contributed by atoms with E-state index in [1.807, 2.05) is 0 Å². The van der Waals surface area contributed by atoms with Crippen LogP contribution < -0.4 is 0 Å². The third-order valence-electron chi connectivity index (χ3n) is 0.963. The van der Waals surface area contributed by atoms with Crippen molar-refractivity contribution in [3.05, 3.63) is 10.6 Å². The molecule has 0 spiro atoms. The van der Waals surface area contributed by atoms with Crippen LogP contribution in [0.2, 0.25) is 0 Å². The fourth-order valence-electron chi connectivity index (χ4n) is 0.525. The molecule has 0 saturated carbocycles. The van der Waals surface area contributed by atoms with Gasteiger partial charge in [0.1, 0.15) is 0 Å². The molecule has 1 heterocycles. The molecule has 4 nitrogen and oxygen atoms in total. The molecule has 1 aromatic heterocycles. The summed E-state index contributed by atoms with van der Waals surface area (Å²) < 4.78 is 10.1. The van der Waals surface area contributed by atoms with Crippen LogP contribution in [-0.2, 0) is 11.2 Å². The van der Waals surface area contributed by atoms with Crippen LogP contribution in [0.25, 0.3) is 0 Å². The van der Waals surface area contributed by atoms with Gasteiger partial charge in [-0.25, -0.2) is 0 Å². The third kappa shape index (κ3) is 2.07. The molecule has 0 unspecified atom stereocenters. The van der Waals surface area contributed by atoms with Gasteiger partial charge in [0, 0.05) is 7.11 Å². The monoisotopic (exact) mass is 206 g/mol. The summed E-state index contributed by atoms with van der Waals surface area (Å²) >= 11 is 3.07. The van der Waals surface area contributed by atoms with Gasteiger partial charge < -0.3 is 9.26 Å². The molecule has 56 valence electrons. The third-order valence-corrected chi connectivity index (χ3v) is 1.29. The van der Waals surface area contributed by atoms with Crippen molar-refractivity contribution in [2.45, 2.75) is 6.42 Å². The highest BCUT2D eigenvalue weighted by atomic mass is 79.9. The van der Waals surface area contributed by atoms with Gasteiger partial charge in [-0.3, -0.25) is 0 Å². The number of methoxy groups -OCH3 is 1. The van der Waals surface area contributed by atoms with E-state index in [0.29, 0.717) is 23.7 Å². The Labute approximate surface area is 66.7 Å². The van der Waals surface area contributed by atoms with Crippen molar-refractivity contribution in [1.29, 1.82) is 0 Å². The molecule has 10 heavy (non-hydrogen) atoms. The second kappa shape index (κ2) is 3.68. The topological polar surface area (TPSA) is 48.2 Å². The molecule has 0 saturated heterocycles. The van der Waals surface area contributed by atoms with E-state index in [4.69, 9.17) is 9.26 Å². The molecule has 0 aliphatic rings. The average Bonchev–Trinajstić information content (AvgIpc) is 2.31. The van der Waals surface area contributed by atoms with E-state index in [9.17, 15) is 0 Å². The predicted octanol–water partition coefficient (Wildman–Crippen LogP) is 1.02. The highest BCUT2D eigenvalue weighted by Crippen LogP contribution is 2.03. The van der Waals surface area contributed by atoms with Gasteiger partial charge in [0.05, 0.1) is 13.0 Å². The molecule has 0 atom stereocenters. The first-order valence-electron chi connectivity index (χ1n) is 2.80. The standard InChI is InChI=1S/C5H7BrN2O2/c1-9-3-2-4-7-5(6)8-10-4/h2-3H2,1H3. The van der Waals surface area contributed by atoms with E-state index < -0.39 is 0 Å². The van der Waals surface area contributed by atoms with Gasteiger partial charge in [-0.05, 0) is 21.1 Å². The molecule has 0 aliphatic heterocycles. The van der Waals surface area contributed by atoms with Gasteiger partial charge in [-0.15, -0.1) is 0 Å². The van der Waals surface area contributed by atoms with Crippen molar-refractivity contribution >= 4 is 15.9 Å². The Kier molecular flexibility index (Phi) is 2.82. The van der Waals surface area contributed by atoms with Gasteiger partial charge >= 0.3 is 0 Å². The van der Waals surface area contributed by atoms with Crippen LogP contribution in [0.15, 0.2) is 9.26 Å². The number of aromatic nitrogens is 2. The van der Waals surface area contributed by atoms with E-state index in [1.54, 1.807) is 7.11 Å². The lowest BCUT2D eigenvalue weighted by Gasteiger charge is -1.89. The van der Waals surface area contributed by atoms with Gasteiger partial charge in [0.15, 0.2) is 0 Å². The predicted molar refractivity (Wildman–Crippen MR) is 37.6 cm³/mol. The zero-order valence-electron chi connectivity index (χ0n) is 5.50. The van der Waals surface area contributed by atoms with Gasteiger partial charge in [-0.1, -0.05) is 0 Å². The Balaban J connectivity index is 2.42. The summed E-state index contributed by atoms with van der Waals surface area (Å²) in [5.74, 6) is 0.591. The molecule has 0 bridgehead atoms. The molecule has 0 aliphatic carbocycles. The van der Waals surface area contributed by atoms with Gasteiger partial charge in [-0.2, -0.15) is 4.98 Å². The van der Waals surface area contributed by atoms with Gasteiger partial charge in [0.25, 0.3) is 0 Å². The van der Waals surface area contributed by atoms with Crippen molar-refractivity contribution in [2.24, 2.45) is 0 Å². The van der Waals surface area contributed by atoms with Crippen molar-refractivity contribution in [3.63, 3.8) is 0 Å². The smallest absolute Gasteiger partial charge is 0.238 e. The fraction of sp³-hybridized carbons (Fsp3) is 0.600. The number of halogens is 1. The first kappa shape index (κ1) is 7.68. The number of hydrogen-bond acceptors (Lipinski definition) is 4. The Morgan fingerprint density at radius 3 is 3.00 bits per heavy atom. The molecular formula is C5H7BrN2O2. The van der Waals surface area contributed by atoms with Crippen LogP contribution in [-0.4, -0.2) is 23.9 Å². The molecule has 0 fully saturated rings. The number of ether oxygens (including phenoxy) is 1. The maximum atomic E-state index is 4.81. The molecule has 1 rings (SSSR count). The zero-order valence-corrected chi connectivity index (χ0v) is 7.09. The average molecular weight is 207 g/mol. The van der Waals surface area contributed by atoms with Crippen LogP contribution in [0.1, 0.15) is 5.89 Å². The fourth-order valence-corrected chi connectivity index (χ4v) is 0.795. The van der Waals surface area contributed by atoms with Crippen molar-refractivity contribution in [2.75, 3.05) is 13.7 Å². The zero-order chi connectivity index (χ0) is 7.40. The molecule has 5 heteroatoms. The molecule has 0 aromatic carbocycles. The summed E-state index contributed by atoms with van der Waals surface area (Å²) in [7, 11) is 1.63. The van der Waals surface area contributed by atoms with Crippen LogP contribution in [0.3, 0.4) is 0 Å². The van der Waals surface area contributed by atoms with Crippen LogP contribution in [0.5, 0.6) is 0 Å². The summed E-state index contributed by atoms with van der Waals surface area (Å²) in [6.07, 6.45) is 0.662. The Hall–Kier alpha value is -0.420. The van der Waals surface area contributed by atoms with E-state index >= 15 is 0 Å². The maximum absolute atomic E-state index is 4.81. The normalized spacial score (nSPS) is 10.2. The summed E-state index contributed by atoms with van der Waals surface area (Å²) in [5.41, 5.74) is 0. The van der Waals surface area contributed by atoms with Gasteiger partial charge in [0.2, 0.25) is 10.6 Å². The SMILES string of the molecule is COCCc1nc(Br)no1. The molecular weight excluding hydrogens is 200 g/mol. The summed E-state index contributed by atoms with van der Waals surface area (Å²) in [5, 5.41) is 3.54. The summed E-state index contributed by atoms with van der Waals surface area (Å²) in [6, 6.07) is 0. The van der Waals surface area contributed by atoms with E-state index in [1.165, 1.54) is 0 Å². The molecule has 0 N–H and O–H groups in total. The number of hydrogen-bond donors (Lipinski definition) is 0. The molecule has 0 radical (unpaired) electrons. The van der Waals surface area contributed by atoms with Crippen molar-refractivity contribution in [1.82, 2.24) is 10.1 Å². The summed E-state index contributed by atoms with van der Waals surface area (Å²) in [6.45, 7) is 0.606. The Bertz CT molecular complexity index is 201. The maximum Gasteiger partial charge on any atom is 0.238 e. The minimum absolute atomic E-state index is 0.485. The number of rotatable bonds is 3. The molecule has 1 aromatic rings. The van der Waals surface area contributed by atoms with E-state index in [2.05, 4.69) is 26.1 Å². The van der Waals surface area contributed by atoms with E-state index in [-0.39, 0.29) is 0 Å². The minimum Gasteiger partial charge on any atom is -0.384 e. The Morgan fingerprint density at radius 1 is 1.70 bits per heavy atom. The lowest BCUT2D eigenvalue weighted by Crippen LogP contribution is -1.93. The van der Waals surface area contributed by atoms with Crippen molar-refractivity contribution in [3.8, 4) is 0 Å². The highest BCUT2D eigenvalue weighted by Gasteiger charge is 2.01. The second-order valence-corrected chi connectivity index (χ2v) is 2.41. The van der Waals surface area contributed by atoms with Crippen molar-refractivity contribution < 1.29 is 9.26 Å². The highest BCUT2D eigenvalue weighted by molar-refractivity contribution is 9.10. The van der Waals surface area contributed by atoms with Crippen LogP contribution >= 0.6 is 15.9 Å². The lowest BCUT2D eigenvalue weighted by atomic mass is 10.5.